The summed E-state index contributed by atoms with van der Waals surface area (Å²) in [5, 5.41) is 17.8. The van der Waals surface area contributed by atoms with Crippen molar-refractivity contribution in [3.05, 3.63) is 42.9 Å². The number of halogens is 3. The molecular weight excluding hydrogens is 1170 g/mol. The average Bonchev–Trinajstić information content (AvgIpc) is 4.18. The van der Waals surface area contributed by atoms with Crippen LogP contribution in [-0.4, -0.2) is 186 Å². The van der Waals surface area contributed by atoms with Crippen LogP contribution in [0.25, 0.3) is 0 Å². The van der Waals surface area contributed by atoms with Gasteiger partial charge in [-0.15, -0.1) is 0 Å². The minimum atomic E-state index is -3.29. The molecule has 4 atom stereocenters. The molecule has 0 aromatic carbocycles. The van der Waals surface area contributed by atoms with E-state index in [1.54, 1.807) is 16.7 Å². The highest BCUT2D eigenvalue weighted by atomic mass is 79.9. The second kappa shape index (κ2) is 26.4. The number of aromatic nitrogens is 4. The quantitative estimate of drug-likeness (QED) is 0.316. The molecule has 8 aliphatic heterocycles. The minimum absolute atomic E-state index is 0.129. The standard InChI is InChI=1S/C15H22BrN3O3.C12H16BrN3O2.C12H17BrN2O2.C5H10O4S.C4H8O2/c1-15(2,3)22-14(20)18-6-4-12-11(8-18)13(16)17-19(12)10-5-7-21-9-10;1-8(17)15-4-2-11-10(6-15)12(13)14-16(11)9-3-5-18-7-9;1-12(2,3)17-11(16)15-5-4-8-6-14-10(13)9(8)7-15;1-10(6,7)9-5-2-3-8-4-5;5-4-1-2-6-3-4/h10H,4-9H2,1-3H3;9H,2-7H2,1H3;4-7H2,1-3H3;5H,2-4H2,1H3;4-5H,1-3H2. The maximum atomic E-state index is 12.2. The van der Waals surface area contributed by atoms with Crippen molar-refractivity contribution in [2.45, 2.75) is 142 Å². The van der Waals surface area contributed by atoms with E-state index >= 15 is 0 Å². The summed E-state index contributed by atoms with van der Waals surface area (Å²) in [6, 6.07) is 0.669. The maximum absolute atomic E-state index is 12.2. The molecule has 25 heteroatoms. The third-order valence-electron chi connectivity index (χ3n) is 12.5. The molecule has 2 aromatic rings. The van der Waals surface area contributed by atoms with Gasteiger partial charge in [0.15, 0.2) is 0 Å². The minimum Gasteiger partial charge on any atom is -0.444 e. The number of aliphatic imine (C=N–C) groups is 1. The van der Waals surface area contributed by atoms with Gasteiger partial charge >= 0.3 is 12.2 Å². The van der Waals surface area contributed by atoms with E-state index in [4.69, 9.17) is 33.5 Å². The highest BCUT2D eigenvalue weighted by Crippen LogP contribution is 2.33. The molecule has 4 fully saturated rings. The van der Waals surface area contributed by atoms with Crippen molar-refractivity contribution in [2.24, 2.45) is 4.99 Å². The number of ether oxygens (including phenoxy) is 6. The second-order valence-electron chi connectivity index (χ2n) is 20.8. The second-order valence-corrected chi connectivity index (χ2v) is 24.7. The summed E-state index contributed by atoms with van der Waals surface area (Å²) in [5.41, 5.74) is 6.30. The number of fused-ring (bicyclic) bond motifs is 2. The third kappa shape index (κ3) is 17.8. The van der Waals surface area contributed by atoms with Crippen molar-refractivity contribution in [1.82, 2.24) is 34.3 Å². The number of aliphatic hydroxyl groups is 1. The number of nitrogens with zero attached hydrogens (tertiary/aromatic N) is 8. The Balaban J connectivity index is 0.000000156. The van der Waals surface area contributed by atoms with Crippen LogP contribution in [0.2, 0.25) is 0 Å². The normalized spacial score (nSPS) is 23.6. The molecular formula is C48H73Br3N8O13S. The summed E-state index contributed by atoms with van der Waals surface area (Å²) in [7, 11) is -3.29. The molecule has 4 saturated heterocycles. The lowest BCUT2D eigenvalue weighted by molar-refractivity contribution is -0.129. The number of rotatable bonds is 4. The lowest BCUT2D eigenvalue weighted by Gasteiger charge is -2.30. The molecule has 4 unspecified atom stereocenters. The van der Waals surface area contributed by atoms with Gasteiger partial charge in [-0.1, -0.05) is 0 Å². The largest absolute Gasteiger partial charge is 0.444 e. The van der Waals surface area contributed by atoms with Gasteiger partial charge in [0.05, 0.1) is 77.0 Å². The number of hydrogen-bond acceptors (Lipinski definition) is 16. The lowest BCUT2D eigenvalue weighted by Crippen LogP contribution is -2.41. The van der Waals surface area contributed by atoms with E-state index in [9.17, 15) is 22.8 Å². The molecule has 73 heavy (non-hydrogen) atoms. The number of hydrogen-bond donors (Lipinski definition) is 1. The van der Waals surface area contributed by atoms with Crippen LogP contribution in [0.4, 0.5) is 9.59 Å². The zero-order valence-corrected chi connectivity index (χ0v) is 48.9. The SMILES string of the molecule is CC(=O)N1CCc2c(c(Br)nn2C2CCOC2)C1.CC(C)(C)OC(=O)N1CCC2=C(C1)C(Br)=NC2.CC(C)(C)OC(=O)N1CCc2c(c(Br)nn2C2CCOC2)C1.CS(=O)(=O)OC1CCOC1.OC1CCOC1. The van der Waals surface area contributed by atoms with E-state index in [1.165, 1.54) is 17.0 Å². The van der Waals surface area contributed by atoms with Crippen molar-refractivity contribution < 1.29 is 60.5 Å². The lowest BCUT2D eigenvalue weighted by atomic mass is 10.0. The molecule has 0 radical (unpaired) electrons. The van der Waals surface area contributed by atoms with Crippen molar-refractivity contribution in [3.8, 4) is 0 Å². The topological polar surface area (TPSA) is 228 Å². The molecule has 410 valence electrons. The van der Waals surface area contributed by atoms with E-state index in [0.29, 0.717) is 64.5 Å². The number of amides is 3. The molecule has 21 nitrogen and oxygen atoms in total. The number of carbonyl (C=O) groups excluding carboxylic acids is 3. The van der Waals surface area contributed by atoms with E-state index in [-0.39, 0.29) is 30.3 Å². The van der Waals surface area contributed by atoms with Crippen molar-refractivity contribution >= 4 is 80.6 Å². The molecule has 2 aromatic heterocycles. The van der Waals surface area contributed by atoms with Crippen LogP contribution in [0, 0.1) is 0 Å². The predicted molar refractivity (Wildman–Crippen MR) is 281 cm³/mol. The monoisotopic (exact) mass is 1240 g/mol. The Morgan fingerprint density at radius 3 is 1.55 bits per heavy atom. The molecule has 0 spiro atoms. The highest BCUT2D eigenvalue weighted by molar-refractivity contribution is 9.18. The van der Waals surface area contributed by atoms with E-state index in [2.05, 4.69) is 76.5 Å². The Labute approximate surface area is 454 Å². The first-order valence-corrected chi connectivity index (χ1v) is 29.1. The van der Waals surface area contributed by atoms with Gasteiger partial charge in [0.1, 0.15) is 31.1 Å². The smallest absolute Gasteiger partial charge is 0.410 e. The summed E-state index contributed by atoms with van der Waals surface area (Å²) < 4.78 is 63.9. The molecule has 3 amide bonds. The van der Waals surface area contributed by atoms with Crippen LogP contribution < -0.4 is 0 Å². The fourth-order valence-electron chi connectivity index (χ4n) is 8.88. The number of carbonyl (C=O) groups is 3. The van der Waals surface area contributed by atoms with Gasteiger partial charge in [0.2, 0.25) is 5.91 Å². The van der Waals surface area contributed by atoms with Crippen LogP contribution in [0.3, 0.4) is 0 Å². The molecule has 0 saturated carbocycles. The number of aliphatic hydroxyl groups excluding tert-OH is 1. The van der Waals surface area contributed by atoms with Crippen LogP contribution in [0.15, 0.2) is 25.3 Å². The van der Waals surface area contributed by atoms with Gasteiger partial charge < -0.3 is 48.2 Å². The van der Waals surface area contributed by atoms with Gasteiger partial charge in [-0.3, -0.25) is 23.3 Å². The average molecular weight is 1240 g/mol. The summed E-state index contributed by atoms with van der Waals surface area (Å²) in [5.74, 6) is 0.129. The Bertz CT molecular complexity index is 2390. The Hall–Kier alpha value is -3.01. The molecule has 0 bridgehead atoms. The molecule has 1 N–H and O–H groups in total. The summed E-state index contributed by atoms with van der Waals surface area (Å²) in [6.07, 6.45) is 6.20. The van der Waals surface area contributed by atoms with Crippen LogP contribution in [-0.2, 0) is 73.4 Å². The summed E-state index contributed by atoms with van der Waals surface area (Å²) in [4.78, 5) is 45.3. The first-order chi connectivity index (χ1) is 34.4. The first kappa shape index (κ1) is 59.2. The van der Waals surface area contributed by atoms with Crippen molar-refractivity contribution in [1.29, 1.82) is 0 Å². The highest BCUT2D eigenvalue weighted by Gasteiger charge is 2.34. The van der Waals surface area contributed by atoms with Gasteiger partial charge in [-0.2, -0.15) is 18.6 Å². The van der Waals surface area contributed by atoms with Gasteiger partial charge in [0, 0.05) is 100 Å². The molecule has 0 aliphatic carbocycles. The predicted octanol–water partition coefficient (Wildman–Crippen LogP) is 6.66. The Morgan fingerprint density at radius 2 is 1.12 bits per heavy atom. The zero-order chi connectivity index (χ0) is 53.3. The first-order valence-electron chi connectivity index (χ1n) is 24.9. The van der Waals surface area contributed by atoms with Gasteiger partial charge in [-0.25, -0.2) is 9.59 Å². The van der Waals surface area contributed by atoms with E-state index in [1.807, 2.05) is 46.4 Å². The molecule has 10 heterocycles. The maximum Gasteiger partial charge on any atom is 0.410 e. The van der Waals surface area contributed by atoms with E-state index in [0.717, 1.165) is 128 Å². The van der Waals surface area contributed by atoms with Crippen LogP contribution in [0.5, 0.6) is 0 Å². The fourth-order valence-corrected chi connectivity index (χ4v) is 11.1. The Morgan fingerprint density at radius 1 is 0.658 bits per heavy atom. The van der Waals surface area contributed by atoms with Crippen LogP contribution >= 0.6 is 47.8 Å². The molecule has 10 rings (SSSR count). The zero-order valence-electron chi connectivity index (χ0n) is 43.3. The van der Waals surface area contributed by atoms with Crippen LogP contribution in [0.1, 0.15) is 115 Å². The van der Waals surface area contributed by atoms with E-state index < -0.39 is 21.3 Å². The Kier molecular flexibility index (Phi) is 21.4. The summed E-state index contributed by atoms with van der Waals surface area (Å²) >= 11 is 10.5. The van der Waals surface area contributed by atoms with Gasteiger partial charge in [0.25, 0.3) is 10.1 Å². The van der Waals surface area contributed by atoms with Gasteiger partial charge in [-0.05, 0) is 121 Å². The molecule has 8 aliphatic rings. The fraction of sp³-hybridized carbons (Fsp3) is 0.750. The van der Waals surface area contributed by atoms with Crippen molar-refractivity contribution in [3.63, 3.8) is 0 Å². The third-order valence-corrected chi connectivity index (χ3v) is 15.2. The summed E-state index contributed by atoms with van der Waals surface area (Å²) in [6.45, 7) is 23.0. The van der Waals surface area contributed by atoms with Crippen molar-refractivity contribution in [2.75, 3.05) is 91.8 Å².